The molecule has 1 heterocycles. The van der Waals surface area contributed by atoms with Crippen LogP contribution in [0.1, 0.15) is 44.2 Å². The van der Waals surface area contributed by atoms with Crippen LogP contribution in [-0.2, 0) is 6.42 Å². The SMILES string of the molecule is CCCc1c(C(C)C)c(=O)oc2ccccc12. The first-order valence-electron chi connectivity index (χ1n) is 6.19. The highest BCUT2D eigenvalue weighted by molar-refractivity contribution is 5.81. The average Bonchev–Trinajstić information content (AvgIpc) is 2.28. The highest BCUT2D eigenvalue weighted by Gasteiger charge is 2.16. The third-order valence-electron chi connectivity index (χ3n) is 3.04. The minimum Gasteiger partial charge on any atom is -0.423 e. The van der Waals surface area contributed by atoms with Crippen molar-refractivity contribution in [3.8, 4) is 0 Å². The van der Waals surface area contributed by atoms with Gasteiger partial charge in [-0.3, -0.25) is 0 Å². The molecule has 2 rings (SSSR count). The lowest BCUT2D eigenvalue weighted by molar-refractivity contribution is 0.540. The molecule has 0 saturated carbocycles. The van der Waals surface area contributed by atoms with Crippen LogP contribution in [0, 0.1) is 0 Å². The van der Waals surface area contributed by atoms with Crippen molar-refractivity contribution in [2.75, 3.05) is 0 Å². The maximum Gasteiger partial charge on any atom is 0.339 e. The van der Waals surface area contributed by atoms with Gasteiger partial charge < -0.3 is 4.42 Å². The first-order chi connectivity index (χ1) is 8.15. The van der Waals surface area contributed by atoms with Gasteiger partial charge in [-0.25, -0.2) is 4.79 Å². The van der Waals surface area contributed by atoms with E-state index in [4.69, 9.17) is 4.42 Å². The van der Waals surface area contributed by atoms with Gasteiger partial charge in [0.05, 0.1) is 0 Å². The summed E-state index contributed by atoms with van der Waals surface area (Å²) in [7, 11) is 0. The summed E-state index contributed by atoms with van der Waals surface area (Å²) in [5.74, 6) is 0.206. The lowest BCUT2D eigenvalue weighted by Gasteiger charge is -2.12. The molecule has 2 aromatic rings. The van der Waals surface area contributed by atoms with E-state index in [1.807, 2.05) is 38.1 Å². The first-order valence-corrected chi connectivity index (χ1v) is 6.19. The van der Waals surface area contributed by atoms with Gasteiger partial charge in [0, 0.05) is 10.9 Å². The Morgan fingerprint density at radius 2 is 1.94 bits per heavy atom. The van der Waals surface area contributed by atoms with Crippen LogP contribution in [0.25, 0.3) is 11.0 Å². The van der Waals surface area contributed by atoms with Crippen molar-refractivity contribution in [2.24, 2.45) is 0 Å². The molecule has 90 valence electrons. The van der Waals surface area contributed by atoms with Gasteiger partial charge in [-0.05, 0) is 24.0 Å². The third kappa shape index (κ3) is 2.12. The molecule has 2 nitrogen and oxygen atoms in total. The van der Waals surface area contributed by atoms with Crippen molar-refractivity contribution < 1.29 is 4.42 Å². The van der Waals surface area contributed by atoms with E-state index in [9.17, 15) is 4.79 Å². The Bertz CT molecular complexity index is 579. The summed E-state index contributed by atoms with van der Waals surface area (Å²) in [6.45, 7) is 6.22. The summed E-state index contributed by atoms with van der Waals surface area (Å²) in [5.41, 5.74) is 2.52. The summed E-state index contributed by atoms with van der Waals surface area (Å²) in [6, 6.07) is 7.79. The van der Waals surface area contributed by atoms with Crippen molar-refractivity contribution in [3.05, 3.63) is 45.8 Å². The number of para-hydroxylation sites is 1. The molecule has 0 amide bonds. The van der Waals surface area contributed by atoms with Crippen molar-refractivity contribution in [3.63, 3.8) is 0 Å². The number of aryl methyl sites for hydroxylation is 1. The molecule has 0 spiro atoms. The number of hydrogen-bond acceptors (Lipinski definition) is 2. The van der Waals surface area contributed by atoms with Gasteiger partial charge in [-0.2, -0.15) is 0 Å². The van der Waals surface area contributed by atoms with Gasteiger partial charge in [-0.15, -0.1) is 0 Å². The lowest BCUT2D eigenvalue weighted by atomic mass is 9.93. The third-order valence-corrected chi connectivity index (χ3v) is 3.04. The molecule has 1 aromatic heterocycles. The lowest BCUT2D eigenvalue weighted by Crippen LogP contribution is -2.13. The summed E-state index contributed by atoms with van der Waals surface area (Å²) in [6.07, 6.45) is 1.97. The van der Waals surface area contributed by atoms with E-state index < -0.39 is 0 Å². The predicted octanol–water partition coefficient (Wildman–Crippen LogP) is 3.87. The summed E-state index contributed by atoms with van der Waals surface area (Å²) < 4.78 is 5.39. The van der Waals surface area contributed by atoms with Gasteiger partial charge in [0.15, 0.2) is 0 Å². The number of benzene rings is 1. The van der Waals surface area contributed by atoms with Crippen LogP contribution >= 0.6 is 0 Å². The summed E-state index contributed by atoms with van der Waals surface area (Å²) in [4.78, 5) is 12.0. The Balaban J connectivity index is 2.83. The minimum atomic E-state index is -0.179. The van der Waals surface area contributed by atoms with E-state index in [0.29, 0.717) is 5.58 Å². The van der Waals surface area contributed by atoms with Gasteiger partial charge in [0.25, 0.3) is 0 Å². The predicted molar refractivity (Wildman–Crippen MR) is 70.6 cm³/mol. The van der Waals surface area contributed by atoms with Crippen LogP contribution in [-0.4, -0.2) is 0 Å². The molecule has 0 bridgehead atoms. The van der Waals surface area contributed by atoms with E-state index in [1.165, 1.54) is 0 Å². The Hall–Kier alpha value is -1.57. The second-order valence-electron chi connectivity index (χ2n) is 4.68. The molecule has 0 aliphatic heterocycles. The number of rotatable bonds is 3. The molecule has 0 N–H and O–H groups in total. The monoisotopic (exact) mass is 230 g/mol. The van der Waals surface area contributed by atoms with Gasteiger partial charge in [0.1, 0.15) is 5.58 Å². The van der Waals surface area contributed by atoms with Gasteiger partial charge in [0.2, 0.25) is 0 Å². The minimum absolute atomic E-state index is 0.179. The molecule has 0 unspecified atom stereocenters. The molecule has 0 fully saturated rings. The molecule has 0 aliphatic carbocycles. The maximum absolute atomic E-state index is 12.0. The van der Waals surface area contributed by atoms with Gasteiger partial charge in [-0.1, -0.05) is 45.4 Å². The van der Waals surface area contributed by atoms with E-state index >= 15 is 0 Å². The zero-order valence-corrected chi connectivity index (χ0v) is 10.6. The molecular formula is C15H18O2. The summed E-state index contributed by atoms with van der Waals surface area (Å²) >= 11 is 0. The smallest absolute Gasteiger partial charge is 0.339 e. The second-order valence-corrected chi connectivity index (χ2v) is 4.68. The molecule has 0 radical (unpaired) electrons. The van der Waals surface area contributed by atoms with Crippen LogP contribution in [0.15, 0.2) is 33.5 Å². The quantitative estimate of drug-likeness (QED) is 0.749. The molecule has 0 saturated heterocycles. The van der Waals surface area contributed by atoms with Crippen molar-refractivity contribution >= 4 is 11.0 Å². The Kier molecular flexibility index (Phi) is 3.32. The fraction of sp³-hybridized carbons (Fsp3) is 0.400. The number of fused-ring (bicyclic) bond motifs is 1. The van der Waals surface area contributed by atoms with Crippen LogP contribution in [0.5, 0.6) is 0 Å². The first kappa shape index (κ1) is 11.9. The average molecular weight is 230 g/mol. The van der Waals surface area contributed by atoms with E-state index in [1.54, 1.807) is 0 Å². The van der Waals surface area contributed by atoms with E-state index in [2.05, 4.69) is 6.92 Å². The highest BCUT2D eigenvalue weighted by atomic mass is 16.4. The van der Waals surface area contributed by atoms with E-state index in [-0.39, 0.29) is 11.5 Å². The fourth-order valence-electron chi connectivity index (χ4n) is 2.33. The Labute approximate surface area is 101 Å². The van der Waals surface area contributed by atoms with Crippen molar-refractivity contribution in [1.29, 1.82) is 0 Å². The van der Waals surface area contributed by atoms with Crippen LogP contribution < -0.4 is 5.63 Å². The fourth-order valence-corrected chi connectivity index (χ4v) is 2.33. The Morgan fingerprint density at radius 1 is 1.24 bits per heavy atom. The van der Waals surface area contributed by atoms with Gasteiger partial charge >= 0.3 is 5.63 Å². The molecule has 0 aliphatic rings. The Morgan fingerprint density at radius 3 is 2.59 bits per heavy atom. The van der Waals surface area contributed by atoms with Crippen molar-refractivity contribution in [2.45, 2.75) is 39.5 Å². The molecule has 17 heavy (non-hydrogen) atoms. The normalized spacial score (nSPS) is 11.3. The highest BCUT2D eigenvalue weighted by Crippen LogP contribution is 2.25. The maximum atomic E-state index is 12.0. The molecule has 2 heteroatoms. The van der Waals surface area contributed by atoms with Crippen molar-refractivity contribution in [1.82, 2.24) is 0 Å². The largest absolute Gasteiger partial charge is 0.423 e. The molecule has 0 atom stereocenters. The van der Waals surface area contributed by atoms with Crippen LogP contribution in [0.4, 0.5) is 0 Å². The molecular weight excluding hydrogens is 212 g/mol. The zero-order chi connectivity index (χ0) is 12.4. The summed E-state index contributed by atoms with van der Waals surface area (Å²) in [5, 5.41) is 1.08. The zero-order valence-electron chi connectivity index (χ0n) is 10.6. The number of hydrogen-bond donors (Lipinski definition) is 0. The van der Waals surface area contributed by atoms with E-state index in [0.717, 1.165) is 29.4 Å². The second kappa shape index (κ2) is 4.74. The molecule has 1 aromatic carbocycles. The van der Waals surface area contributed by atoms with Crippen LogP contribution in [0.3, 0.4) is 0 Å². The van der Waals surface area contributed by atoms with Crippen LogP contribution in [0.2, 0.25) is 0 Å². The standard InChI is InChI=1S/C15H18O2/c1-4-7-12-11-8-5-6-9-13(11)17-15(16)14(12)10(2)3/h5-6,8-10H,4,7H2,1-3H3. The topological polar surface area (TPSA) is 30.2 Å².